The van der Waals surface area contributed by atoms with E-state index in [4.69, 9.17) is 5.73 Å². The van der Waals surface area contributed by atoms with E-state index < -0.39 is 0 Å². The molecule has 1 aromatic carbocycles. The lowest BCUT2D eigenvalue weighted by Crippen LogP contribution is -2.18. The van der Waals surface area contributed by atoms with E-state index >= 15 is 0 Å². The van der Waals surface area contributed by atoms with Gasteiger partial charge in [0.1, 0.15) is 0 Å². The van der Waals surface area contributed by atoms with Crippen LogP contribution in [0, 0.1) is 0 Å². The average Bonchev–Trinajstić information content (AvgIpc) is 2.43. The molecule has 12 heavy (non-hydrogen) atoms. The highest BCUT2D eigenvalue weighted by Gasteiger charge is 2.17. The Morgan fingerprint density at radius 1 is 1.33 bits per heavy atom. The van der Waals surface area contributed by atoms with Crippen LogP contribution in [-0.4, -0.2) is 6.04 Å². The third kappa shape index (κ3) is 1.16. The van der Waals surface area contributed by atoms with E-state index in [1.807, 2.05) is 6.08 Å². The molecule has 0 amide bonds. The van der Waals surface area contributed by atoms with E-state index in [-0.39, 0.29) is 0 Å². The summed E-state index contributed by atoms with van der Waals surface area (Å²) in [4.78, 5) is 0. The van der Waals surface area contributed by atoms with Crippen molar-refractivity contribution in [3.63, 3.8) is 0 Å². The van der Waals surface area contributed by atoms with Crippen molar-refractivity contribution in [2.75, 3.05) is 0 Å². The van der Waals surface area contributed by atoms with Gasteiger partial charge in [-0.25, -0.2) is 0 Å². The van der Waals surface area contributed by atoms with Crippen molar-refractivity contribution in [1.29, 1.82) is 0 Å². The molecule has 0 radical (unpaired) electrons. The summed E-state index contributed by atoms with van der Waals surface area (Å²) in [5.41, 5.74) is 9.86. The summed E-state index contributed by atoms with van der Waals surface area (Å²) in [6, 6.07) is 6.79. The SMILES string of the molecule is C=Cc1ccc2c(c1)CC(N)C2. The highest BCUT2D eigenvalue weighted by molar-refractivity contribution is 5.51. The summed E-state index contributed by atoms with van der Waals surface area (Å²) in [6.45, 7) is 3.74. The Kier molecular flexibility index (Phi) is 1.74. The molecule has 2 N–H and O–H groups in total. The number of hydrogen-bond acceptors (Lipinski definition) is 1. The van der Waals surface area contributed by atoms with E-state index in [1.54, 1.807) is 0 Å². The van der Waals surface area contributed by atoms with Gasteiger partial charge in [-0.05, 0) is 29.5 Å². The molecule has 1 unspecified atom stereocenters. The highest BCUT2D eigenvalue weighted by atomic mass is 14.6. The molecule has 0 bridgehead atoms. The van der Waals surface area contributed by atoms with Crippen molar-refractivity contribution in [2.24, 2.45) is 5.73 Å². The fourth-order valence-electron chi connectivity index (χ4n) is 1.80. The van der Waals surface area contributed by atoms with Crippen LogP contribution in [0.5, 0.6) is 0 Å². The second-order valence-electron chi connectivity index (χ2n) is 3.40. The fourth-order valence-corrected chi connectivity index (χ4v) is 1.80. The first-order valence-corrected chi connectivity index (χ1v) is 4.29. The summed E-state index contributed by atoms with van der Waals surface area (Å²) in [5.74, 6) is 0. The first-order valence-electron chi connectivity index (χ1n) is 4.29. The predicted octanol–water partition coefficient (Wildman–Crippen LogP) is 1.76. The monoisotopic (exact) mass is 159 g/mol. The minimum atomic E-state index is 0.333. The molecule has 2 rings (SSSR count). The first kappa shape index (κ1) is 7.56. The lowest BCUT2D eigenvalue weighted by atomic mass is 10.1. The molecule has 1 aromatic rings. The molecule has 0 aliphatic heterocycles. The van der Waals surface area contributed by atoms with Crippen molar-refractivity contribution in [2.45, 2.75) is 18.9 Å². The van der Waals surface area contributed by atoms with E-state index in [0.29, 0.717) is 6.04 Å². The summed E-state index contributed by atoms with van der Waals surface area (Å²) in [7, 11) is 0. The number of fused-ring (bicyclic) bond motifs is 1. The summed E-state index contributed by atoms with van der Waals surface area (Å²) >= 11 is 0. The van der Waals surface area contributed by atoms with Gasteiger partial charge in [-0.1, -0.05) is 30.9 Å². The molecule has 0 spiro atoms. The largest absolute Gasteiger partial charge is 0.327 e. The fraction of sp³-hybridized carbons (Fsp3) is 0.273. The van der Waals surface area contributed by atoms with Gasteiger partial charge in [-0.2, -0.15) is 0 Å². The van der Waals surface area contributed by atoms with Gasteiger partial charge in [0.25, 0.3) is 0 Å². The number of rotatable bonds is 1. The van der Waals surface area contributed by atoms with E-state index in [1.165, 1.54) is 16.7 Å². The zero-order valence-corrected chi connectivity index (χ0v) is 7.09. The zero-order chi connectivity index (χ0) is 8.55. The van der Waals surface area contributed by atoms with Gasteiger partial charge in [0, 0.05) is 6.04 Å². The topological polar surface area (TPSA) is 26.0 Å². The molecular weight excluding hydrogens is 146 g/mol. The Bertz CT molecular complexity index is 315. The van der Waals surface area contributed by atoms with Crippen LogP contribution in [0.25, 0.3) is 6.08 Å². The summed E-state index contributed by atoms with van der Waals surface area (Å²) in [5, 5.41) is 0. The maximum Gasteiger partial charge on any atom is 0.0120 e. The molecule has 0 saturated carbocycles. The molecule has 1 aliphatic rings. The molecule has 1 aliphatic carbocycles. The average molecular weight is 159 g/mol. The normalized spacial score (nSPS) is 20.6. The standard InChI is InChI=1S/C11H13N/c1-2-8-3-4-9-6-11(12)7-10(9)5-8/h2-5,11H,1,6-7,12H2. The molecule has 0 heterocycles. The van der Waals surface area contributed by atoms with Gasteiger partial charge in [0.2, 0.25) is 0 Å². The van der Waals surface area contributed by atoms with Gasteiger partial charge < -0.3 is 5.73 Å². The van der Waals surface area contributed by atoms with Gasteiger partial charge in [0.05, 0.1) is 0 Å². The molecule has 0 saturated heterocycles. The van der Waals surface area contributed by atoms with Gasteiger partial charge in [-0.3, -0.25) is 0 Å². The number of nitrogens with two attached hydrogens (primary N) is 1. The Labute approximate surface area is 72.9 Å². The Balaban J connectivity index is 2.41. The quantitative estimate of drug-likeness (QED) is 0.663. The Morgan fingerprint density at radius 2 is 2.08 bits per heavy atom. The third-order valence-corrected chi connectivity index (χ3v) is 2.43. The van der Waals surface area contributed by atoms with Crippen LogP contribution in [0.3, 0.4) is 0 Å². The van der Waals surface area contributed by atoms with E-state index in [2.05, 4.69) is 24.8 Å². The van der Waals surface area contributed by atoms with Crippen molar-refractivity contribution in [3.05, 3.63) is 41.5 Å². The third-order valence-electron chi connectivity index (χ3n) is 2.43. The number of benzene rings is 1. The van der Waals surface area contributed by atoms with Crippen molar-refractivity contribution < 1.29 is 0 Å². The van der Waals surface area contributed by atoms with Gasteiger partial charge in [0.15, 0.2) is 0 Å². The van der Waals surface area contributed by atoms with Crippen LogP contribution in [0.4, 0.5) is 0 Å². The highest BCUT2D eigenvalue weighted by Crippen LogP contribution is 2.22. The molecule has 62 valence electrons. The van der Waals surface area contributed by atoms with E-state index in [0.717, 1.165) is 12.8 Å². The Hall–Kier alpha value is -1.08. The summed E-state index contributed by atoms with van der Waals surface area (Å²) < 4.78 is 0. The maximum absolute atomic E-state index is 5.85. The zero-order valence-electron chi connectivity index (χ0n) is 7.09. The lowest BCUT2D eigenvalue weighted by molar-refractivity contribution is 0.721. The first-order chi connectivity index (χ1) is 5.79. The van der Waals surface area contributed by atoms with E-state index in [9.17, 15) is 0 Å². The minimum Gasteiger partial charge on any atom is -0.327 e. The molecule has 0 fully saturated rings. The molecule has 0 aromatic heterocycles. The lowest BCUT2D eigenvalue weighted by Gasteiger charge is -1.98. The van der Waals surface area contributed by atoms with Gasteiger partial charge in [-0.15, -0.1) is 0 Å². The van der Waals surface area contributed by atoms with Crippen molar-refractivity contribution >= 4 is 6.08 Å². The van der Waals surface area contributed by atoms with Crippen LogP contribution in [0.2, 0.25) is 0 Å². The van der Waals surface area contributed by atoms with Gasteiger partial charge >= 0.3 is 0 Å². The smallest absolute Gasteiger partial charge is 0.0120 e. The maximum atomic E-state index is 5.85. The second-order valence-corrected chi connectivity index (χ2v) is 3.40. The van der Waals surface area contributed by atoms with Crippen LogP contribution in [0.15, 0.2) is 24.8 Å². The van der Waals surface area contributed by atoms with Crippen LogP contribution < -0.4 is 5.73 Å². The van der Waals surface area contributed by atoms with Crippen molar-refractivity contribution in [1.82, 2.24) is 0 Å². The molecule has 1 atom stereocenters. The van der Waals surface area contributed by atoms with Crippen molar-refractivity contribution in [3.8, 4) is 0 Å². The Morgan fingerprint density at radius 3 is 2.83 bits per heavy atom. The predicted molar refractivity (Wildman–Crippen MR) is 51.9 cm³/mol. The number of hydrogen-bond donors (Lipinski definition) is 1. The molecule has 1 nitrogen and oxygen atoms in total. The molecular formula is C11H13N. The minimum absolute atomic E-state index is 0.333. The van der Waals surface area contributed by atoms with Crippen LogP contribution >= 0.6 is 0 Å². The van der Waals surface area contributed by atoms with Crippen LogP contribution in [0.1, 0.15) is 16.7 Å². The van der Waals surface area contributed by atoms with Crippen LogP contribution in [-0.2, 0) is 12.8 Å². The summed E-state index contributed by atoms with van der Waals surface area (Å²) in [6.07, 6.45) is 3.94. The molecule has 1 heteroatoms. The second kappa shape index (κ2) is 2.76.